The lowest BCUT2D eigenvalue weighted by Crippen LogP contribution is -2.06. The van der Waals surface area contributed by atoms with Crippen molar-refractivity contribution >= 4 is 0 Å². The van der Waals surface area contributed by atoms with Crippen LogP contribution in [0.5, 0.6) is 0 Å². The Balaban J connectivity index is 0. The third-order valence-electron chi connectivity index (χ3n) is 0.908. The fraction of sp³-hybridized carbons (Fsp3) is 1.00. The van der Waals surface area contributed by atoms with Gasteiger partial charge in [0.05, 0.1) is 0 Å². The van der Waals surface area contributed by atoms with Crippen molar-refractivity contribution < 1.29 is 0 Å². The predicted octanol–water partition coefficient (Wildman–Crippen LogP) is -0.0903. The topological polar surface area (TPSA) is 64.1 Å². The summed E-state index contributed by atoms with van der Waals surface area (Å²) in [6, 6.07) is 0. The zero-order valence-corrected chi connectivity index (χ0v) is 7.19. The molecule has 0 bridgehead atoms. The highest BCUT2D eigenvalue weighted by Crippen LogP contribution is 1.62. The Kier molecular flexibility index (Phi) is 20.0. The molecule has 64 valence electrons. The lowest BCUT2D eigenvalue weighted by molar-refractivity contribution is 0.772. The Morgan fingerprint density at radius 2 is 1.70 bits per heavy atom. The maximum atomic E-state index is 5.06. The van der Waals surface area contributed by atoms with Crippen molar-refractivity contribution in [2.75, 3.05) is 26.7 Å². The number of nitrogens with one attached hydrogen (secondary N) is 1. The molecule has 0 saturated carbocycles. The molecule has 0 unspecified atom stereocenters. The van der Waals surface area contributed by atoms with Crippen LogP contribution in [0.1, 0.15) is 19.8 Å². The molecule has 0 saturated heterocycles. The maximum absolute atomic E-state index is 5.06. The Bertz CT molecular complexity index is 29.8. The van der Waals surface area contributed by atoms with Crippen molar-refractivity contribution in [3.05, 3.63) is 0 Å². The van der Waals surface area contributed by atoms with Gasteiger partial charge in [-0.05, 0) is 39.5 Å². The molecule has 0 radical (unpaired) electrons. The van der Waals surface area contributed by atoms with Crippen LogP contribution >= 0.6 is 0 Å². The molecule has 0 aliphatic carbocycles. The van der Waals surface area contributed by atoms with Crippen molar-refractivity contribution in [2.45, 2.75) is 19.8 Å². The Morgan fingerprint density at radius 3 is 1.70 bits per heavy atom. The van der Waals surface area contributed by atoms with Crippen LogP contribution in [0.15, 0.2) is 0 Å². The molecule has 0 aliphatic heterocycles. The third kappa shape index (κ3) is 24.8. The van der Waals surface area contributed by atoms with Crippen molar-refractivity contribution in [1.82, 2.24) is 5.32 Å². The Morgan fingerprint density at radius 1 is 1.20 bits per heavy atom. The summed E-state index contributed by atoms with van der Waals surface area (Å²) in [5, 5.41) is 3.02. The van der Waals surface area contributed by atoms with Crippen molar-refractivity contribution in [3.63, 3.8) is 0 Å². The fourth-order valence-corrected chi connectivity index (χ4v) is 0.368. The van der Waals surface area contributed by atoms with E-state index in [0.717, 1.165) is 26.1 Å². The summed E-state index contributed by atoms with van der Waals surface area (Å²) in [6.45, 7) is 4.73. The van der Waals surface area contributed by atoms with Gasteiger partial charge >= 0.3 is 0 Å². The van der Waals surface area contributed by atoms with Gasteiger partial charge in [0.25, 0.3) is 0 Å². The standard InChI is InChI=1S/C4H11N.C3H10N2/c1-3-4-5-2;4-2-1-3-5/h5H,3-4H2,1-2H3;1-5H2. The molecule has 0 aromatic carbocycles. The summed E-state index contributed by atoms with van der Waals surface area (Å²) in [4.78, 5) is 0. The highest BCUT2D eigenvalue weighted by Gasteiger charge is 1.67. The van der Waals surface area contributed by atoms with Crippen LogP contribution in [0.4, 0.5) is 0 Å². The van der Waals surface area contributed by atoms with Gasteiger partial charge in [0, 0.05) is 0 Å². The van der Waals surface area contributed by atoms with Crippen molar-refractivity contribution in [3.8, 4) is 0 Å². The van der Waals surface area contributed by atoms with Crippen LogP contribution in [0.3, 0.4) is 0 Å². The van der Waals surface area contributed by atoms with Crippen LogP contribution in [0.25, 0.3) is 0 Å². The largest absolute Gasteiger partial charge is 0.330 e. The number of rotatable bonds is 4. The van der Waals surface area contributed by atoms with E-state index in [1.54, 1.807) is 0 Å². The van der Waals surface area contributed by atoms with Crippen LogP contribution in [-0.4, -0.2) is 26.7 Å². The average Bonchev–Trinajstić information content (AvgIpc) is 1.93. The number of nitrogens with two attached hydrogens (primary N) is 2. The van der Waals surface area contributed by atoms with E-state index < -0.39 is 0 Å². The highest BCUT2D eigenvalue weighted by atomic mass is 14.8. The average molecular weight is 147 g/mol. The van der Waals surface area contributed by atoms with Gasteiger partial charge in [0.2, 0.25) is 0 Å². The molecule has 0 rings (SSSR count). The number of hydrogen-bond donors (Lipinski definition) is 3. The first kappa shape index (κ1) is 12.5. The Labute approximate surface area is 64.2 Å². The first-order chi connectivity index (χ1) is 4.83. The molecule has 0 aliphatic rings. The van der Waals surface area contributed by atoms with Gasteiger partial charge in [-0.2, -0.15) is 0 Å². The highest BCUT2D eigenvalue weighted by molar-refractivity contribution is 4.33. The Hall–Kier alpha value is -0.120. The molecule has 0 fully saturated rings. The molecule has 0 aromatic rings. The SMILES string of the molecule is CCCNC.NCCCN. The second-order valence-corrected chi connectivity index (χ2v) is 2.03. The van der Waals surface area contributed by atoms with Gasteiger partial charge in [-0.25, -0.2) is 0 Å². The summed E-state index contributed by atoms with van der Waals surface area (Å²) in [7, 11) is 1.96. The summed E-state index contributed by atoms with van der Waals surface area (Å²) in [5.41, 5.74) is 10.1. The zero-order chi connectivity index (χ0) is 8.24. The number of hydrogen-bond acceptors (Lipinski definition) is 3. The molecule has 0 amide bonds. The van der Waals surface area contributed by atoms with Crippen LogP contribution in [0.2, 0.25) is 0 Å². The first-order valence-corrected chi connectivity index (χ1v) is 3.88. The summed E-state index contributed by atoms with van der Waals surface area (Å²) in [6.07, 6.45) is 2.18. The fourth-order valence-electron chi connectivity index (χ4n) is 0.368. The van der Waals surface area contributed by atoms with Gasteiger partial charge in [-0.15, -0.1) is 0 Å². The van der Waals surface area contributed by atoms with Gasteiger partial charge in [0.1, 0.15) is 0 Å². The quantitative estimate of drug-likeness (QED) is 0.521. The maximum Gasteiger partial charge on any atom is -0.00546 e. The molecular formula is C7H21N3. The molecule has 0 aromatic heterocycles. The summed E-state index contributed by atoms with van der Waals surface area (Å²) in [5.74, 6) is 0. The van der Waals surface area contributed by atoms with E-state index in [9.17, 15) is 0 Å². The first-order valence-electron chi connectivity index (χ1n) is 3.88. The summed E-state index contributed by atoms with van der Waals surface area (Å²) >= 11 is 0. The van der Waals surface area contributed by atoms with E-state index in [1.165, 1.54) is 6.42 Å². The van der Waals surface area contributed by atoms with Crippen LogP contribution in [-0.2, 0) is 0 Å². The lowest BCUT2D eigenvalue weighted by atomic mass is 10.4. The second kappa shape index (κ2) is 15.9. The molecule has 0 spiro atoms. The molecule has 10 heavy (non-hydrogen) atoms. The second-order valence-electron chi connectivity index (χ2n) is 2.03. The summed E-state index contributed by atoms with van der Waals surface area (Å²) < 4.78 is 0. The monoisotopic (exact) mass is 147 g/mol. The van der Waals surface area contributed by atoms with Gasteiger partial charge in [-0.1, -0.05) is 6.92 Å². The van der Waals surface area contributed by atoms with Gasteiger partial charge in [-0.3, -0.25) is 0 Å². The molecule has 3 nitrogen and oxygen atoms in total. The molecule has 0 heterocycles. The van der Waals surface area contributed by atoms with E-state index in [-0.39, 0.29) is 0 Å². The zero-order valence-electron chi connectivity index (χ0n) is 7.19. The van der Waals surface area contributed by atoms with Gasteiger partial charge in [0.15, 0.2) is 0 Å². The van der Waals surface area contributed by atoms with E-state index >= 15 is 0 Å². The van der Waals surface area contributed by atoms with Crippen molar-refractivity contribution in [1.29, 1.82) is 0 Å². The molecule has 0 atom stereocenters. The predicted molar refractivity (Wildman–Crippen MR) is 46.9 cm³/mol. The minimum atomic E-state index is 0.719. The van der Waals surface area contributed by atoms with E-state index in [1.807, 2.05) is 7.05 Å². The molecular weight excluding hydrogens is 126 g/mol. The molecule has 5 N–H and O–H groups in total. The lowest BCUT2D eigenvalue weighted by Gasteiger charge is -1.84. The smallest absolute Gasteiger partial charge is 0.00546 e. The van der Waals surface area contributed by atoms with Crippen molar-refractivity contribution in [2.24, 2.45) is 11.5 Å². The minimum absolute atomic E-state index is 0.719. The van der Waals surface area contributed by atoms with Gasteiger partial charge < -0.3 is 16.8 Å². The van der Waals surface area contributed by atoms with Crippen LogP contribution < -0.4 is 16.8 Å². The van der Waals surface area contributed by atoms with E-state index in [4.69, 9.17) is 11.5 Å². The molecule has 3 heteroatoms. The minimum Gasteiger partial charge on any atom is -0.330 e. The third-order valence-corrected chi connectivity index (χ3v) is 0.908. The van der Waals surface area contributed by atoms with E-state index in [2.05, 4.69) is 12.2 Å². The van der Waals surface area contributed by atoms with Crippen LogP contribution in [0, 0.1) is 0 Å². The van der Waals surface area contributed by atoms with E-state index in [0.29, 0.717) is 0 Å². The normalized spacial score (nSPS) is 8.40.